The highest BCUT2D eigenvalue weighted by Gasteiger charge is 2.21. The van der Waals surface area contributed by atoms with Gasteiger partial charge in [0.2, 0.25) is 0 Å². The van der Waals surface area contributed by atoms with Crippen LogP contribution in [0.25, 0.3) is 5.65 Å². The Morgan fingerprint density at radius 2 is 2.04 bits per heavy atom. The third-order valence-corrected chi connectivity index (χ3v) is 5.23. The van der Waals surface area contributed by atoms with Crippen LogP contribution < -0.4 is 0 Å². The van der Waals surface area contributed by atoms with E-state index < -0.39 is 0 Å². The maximum absolute atomic E-state index is 5.99. The molecule has 25 heavy (non-hydrogen) atoms. The molecule has 1 aliphatic rings. The van der Waals surface area contributed by atoms with Crippen molar-refractivity contribution in [1.29, 1.82) is 0 Å². The van der Waals surface area contributed by atoms with Crippen LogP contribution in [0.15, 0.2) is 42.6 Å². The lowest BCUT2D eigenvalue weighted by atomic mass is 9.93. The molecule has 1 aromatic carbocycles. The van der Waals surface area contributed by atoms with Crippen LogP contribution in [0.3, 0.4) is 0 Å². The van der Waals surface area contributed by atoms with E-state index in [9.17, 15) is 0 Å². The van der Waals surface area contributed by atoms with Gasteiger partial charge in [-0.25, -0.2) is 9.50 Å². The first kappa shape index (κ1) is 16.6. The third-order valence-electron chi connectivity index (χ3n) is 4.98. The standard InChI is InChI=1S/C20H23ClN4/c1-15-11-20-22-9-8-19(25(20)23-15)12-17-3-2-10-24(14-17)13-16-4-6-18(21)7-5-16/h4-9,11,17H,2-3,10,12-14H2,1H3. The molecule has 0 saturated carbocycles. The molecule has 0 radical (unpaired) electrons. The monoisotopic (exact) mass is 354 g/mol. The number of hydrogen-bond acceptors (Lipinski definition) is 3. The van der Waals surface area contributed by atoms with E-state index >= 15 is 0 Å². The summed E-state index contributed by atoms with van der Waals surface area (Å²) in [7, 11) is 0. The van der Waals surface area contributed by atoms with Crippen molar-refractivity contribution in [3.8, 4) is 0 Å². The van der Waals surface area contributed by atoms with Gasteiger partial charge in [-0.2, -0.15) is 5.10 Å². The van der Waals surface area contributed by atoms with Crippen LogP contribution in [0.5, 0.6) is 0 Å². The van der Waals surface area contributed by atoms with E-state index in [2.05, 4.69) is 33.2 Å². The molecule has 1 aliphatic heterocycles. The predicted molar refractivity (Wildman–Crippen MR) is 101 cm³/mol. The molecule has 1 saturated heterocycles. The molecule has 0 spiro atoms. The molecule has 3 aromatic rings. The van der Waals surface area contributed by atoms with Gasteiger partial charge in [-0.05, 0) is 62.4 Å². The summed E-state index contributed by atoms with van der Waals surface area (Å²) < 4.78 is 2.01. The second kappa shape index (κ2) is 7.14. The summed E-state index contributed by atoms with van der Waals surface area (Å²) in [5.41, 5.74) is 4.56. The first-order valence-corrected chi connectivity index (χ1v) is 9.32. The Morgan fingerprint density at radius 3 is 2.88 bits per heavy atom. The summed E-state index contributed by atoms with van der Waals surface area (Å²) in [6, 6.07) is 12.4. The summed E-state index contributed by atoms with van der Waals surface area (Å²) in [5, 5.41) is 5.40. The number of likely N-dealkylation sites (tertiary alicyclic amines) is 1. The molecule has 130 valence electrons. The lowest BCUT2D eigenvalue weighted by Crippen LogP contribution is -2.36. The number of fused-ring (bicyclic) bond motifs is 1. The van der Waals surface area contributed by atoms with Crippen molar-refractivity contribution >= 4 is 17.2 Å². The van der Waals surface area contributed by atoms with Crippen LogP contribution >= 0.6 is 11.6 Å². The highest BCUT2D eigenvalue weighted by atomic mass is 35.5. The zero-order valence-corrected chi connectivity index (χ0v) is 15.3. The molecule has 4 rings (SSSR count). The van der Waals surface area contributed by atoms with Crippen LogP contribution in [0.2, 0.25) is 5.02 Å². The van der Waals surface area contributed by atoms with Gasteiger partial charge in [0.05, 0.1) is 5.69 Å². The van der Waals surface area contributed by atoms with Gasteiger partial charge >= 0.3 is 0 Å². The molecule has 0 amide bonds. The van der Waals surface area contributed by atoms with Crippen molar-refractivity contribution in [2.45, 2.75) is 32.7 Å². The first-order valence-electron chi connectivity index (χ1n) is 8.94. The predicted octanol–water partition coefficient (Wildman–Crippen LogP) is 4.15. The molecular formula is C20H23ClN4. The molecule has 0 bridgehead atoms. The maximum atomic E-state index is 5.99. The van der Waals surface area contributed by atoms with Gasteiger partial charge in [0.25, 0.3) is 0 Å². The molecule has 1 atom stereocenters. The molecule has 1 fully saturated rings. The molecule has 3 heterocycles. The molecule has 2 aromatic heterocycles. The van der Waals surface area contributed by atoms with Crippen LogP contribution in [-0.2, 0) is 13.0 Å². The van der Waals surface area contributed by atoms with E-state index in [1.165, 1.54) is 30.6 Å². The van der Waals surface area contributed by atoms with Crippen molar-refractivity contribution in [3.63, 3.8) is 0 Å². The Bertz CT molecular complexity index is 856. The minimum atomic E-state index is 0.663. The van der Waals surface area contributed by atoms with Crippen molar-refractivity contribution in [3.05, 3.63) is 64.6 Å². The Balaban J connectivity index is 1.44. The molecule has 0 N–H and O–H groups in total. The van der Waals surface area contributed by atoms with Gasteiger partial charge in [0.1, 0.15) is 0 Å². The summed E-state index contributed by atoms with van der Waals surface area (Å²) in [6.07, 6.45) is 5.49. The third kappa shape index (κ3) is 3.86. The number of rotatable bonds is 4. The van der Waals surface area contributed by atoms with E-state index in [1.54, 1.807) is 0 Å². The SMILES string of the molecule is Cc1cc2nccc(CC3CCCN(Cc4ccc(Cl)cc4)C3)n2n1. The fourth-order valence-electron chi connectivity index (χ4n) is 3.82. The number of nitrogens with zero attached hydrogens (tertiary/aromatic N) is 4. The highest BCUT2D eigenvalue weighted by molar-refractivity contribution is 6.30. The minimum absolute atomic E-state index is 0.663. The van der Waals surface area contributed by atoms with Gasteiger partial charge in [-0.3, -0.25) is 4.90 Å². The topological polar surface area (TPSA) is 33.4 Å². The average Bonchev–Trinajstić information content (AvgIpc) is 2.99. The molecular weight excluding hydrogens is 332 g/mol. The first-order chi connectivity index (χ1) is 12.2. The quantitative estimate of drug-likeness (QED) is 0.705. The number of benzene rings is 1. The number of piperidine rings is 1. The molecule has 4 nitrogen and oxygen atoms in total. The van der Waals surface area contributed by atoms with Crippen LogP contribution in [0, 0.1) is 12.8 Å². The summed E-state index contributed by atoms with van der Waals surface area (Å²) >= 11 is 5.99. The maximum Gasteiger partial charge on any atom is 0.155 e. The lowest BCUT2D eigenvalue weighted by Gasteiger charge is -2.32. The van der Waals surface area contributed by atoms with Crippen LogP contribution in [0.4, 0.5) is 0 Å². The number of aryl methyl sites for hydroxylation is 1. The van der Waals surface area contributed by atoms with E-state index in [1.807, 2.05) is 35.8 Å². The summed E-state index contributed by atoms with van der Waals surface area (Å²) in [6.45, 7) is 5.33. The van der Waals surface area contributed by atoms with E-state index in [4.69, 9.17) is 11.6 Å². The van der Waals surface area contributed by atoms with Crippen molar-refractivity contribution in [2.75, 3.05) is 13.1 Å². The summed E-state index contributed by atoms with van der Waals surface area (Å²) in [4.78, 5) is 6.97. The highest BCUT2D eigenvalue weighted by Crippen LogP contribution is 2.23. The van der Waals surface area contributed by atoms with Gasteiger partial charge < -0.3 is 0 Å². The van der Waals surface area contributed by atoms with E-state index in [0.717, 1.165) is 35.9 Å². The van der Waals surface area contributed by atoms with Crippen molar-refractivity contribution in [1.82, 2.24) is 19.5 Å². The van der Waals surface area contributed by atoms with Crippen molar-refractivity contribution in [2.24, 2.45) is 5.92 Å². The van der Waals surface area contributed by atoms with Crippen LogP contribution in [0.1, 0.15) is 29.8 Å². The fourth-order valence-corrected chi connectivity index (χ4v) is 3.95. The largest absolute Gasteiger partial charge is 0.299 e. The Hall–Kier alpha value is -1.91. The zero-order valence-electron chi connectivity index (χ0n) is 14.5. The normalized spacial score (nSPS) is 18.7. The fraction of sp³-hybridized carbons (Fsp3) is 0.400. The smallest absolute Gasteiger partial charge is 0.155 e. The number of halogens is 1. The van der Waals surface area contributed by atoms with E-state index in [-0.39, 0.29) is 0 Å². The second-order valence-electron chi connectivity index (χ2n) is 7.07. The van der Waals surface area contributed by atoms with Gasteiger partial charge in [-0.1, -0.05) is 23.7 Å². The second-order valence-corrected chi connectivity index (χ2v) is 7.50. The number of hydrogen-bond donors (Lipinski definition) is 0. The lowest BCUT2D eigenvalue weighted by molar-refractivity contribution is 0.166. The van der Waals surface area contributed by atoms with Gasteiger partial charge in [0, 0.05) is 36.1 Å². The summed E-state index contributed by atoms with van der Waals surface area (Å²) in [5.74, 6) is 0.663. The van der Waals surface area contributed by atoms with Gasteiger partial charge in [0.15, 0.2) is 5.65 Å². The van der Waals surface area contributed by atoms with Crippen molar-refractivity contribution < 1.29 is 0 Å². The van der Waals surface area contributed by atoms with Gasteiger partial charge in [-0.15, -0.1) is 0 Å². The zero-order chi connectivity index (χ0) is 17.2. The molecule has 1 unspecified atom stereocenters. The van der Waals surface area contributed by atoms with Crippen LogP contribution in [-0.4, -0.2) is 32.6 Å². The Kier molecular flexibility index (Phi) is 4.73. The minimum Gasteiger partial charge on any atom is -0.299 e. The Morgan fingerprint density at radius 1 is 1.20 bits per heavy atom. The molecule has 0 aliphatic carbocycles. The number of aromatic nitrogens is 3. The average molecular weight is 355 g/mol. The Labute approximate surface area is 153 Å². The van der Waals surface area contributed by atoms with E-state index in [0.29, 0.717) is 5.92 Å². The molecule has 5 heteroatoms.